The number of nitrogens with one attached hydrogen (secondary N) is 1. The lowest BCUT2D eigenvalue weighted by Gasteiger charge is -2.09. The number of hydrogen-bond acceptors (Lipinski definition) is 4. The van der Waals surface area contributed by atoms with E-state index < -0.39 is 0 Å². The highest BCUT2D eigenvalue weighted by Gasteiger charge is 2.16. The molecule has 0 fully saturated rings. The maximum atomic E-state index is 12.5. The van der Waals surface area contributed by atoms with Gasteiger partial charge in [0.25, 0.3) is 5.91 Å². The lowest BCUT2D eigenvalue weighted by molar-refractivity contribution is 0.0940. The van der Waals surface area contributed by atoms with E-state index >= 15 is 0 Å². The van der Waals surface area contributed by atoms with Gasteiger partial charge in [-0.3, -0.25) is 9.20 Å². The van der Waals surface area contributed by atoms with E-state index in [-0.39, 0.29) is 5.91 Å². The fourth-order valence-electron chi connectivity index (χ4n) is 2.65. The summed E-state index contributed by atoms with van der Waals surface area (Å²) in [5.74, 6) is 1.27. The third-order valence-corrected chi connectivity index (χ3v) is 3.87. The summed E-state index contributed by atoms with van der Waals surface area (Å²) in [5.41, 5.74) is 3.14. The highest BCUT2D eigenvalue weighted by molar-refractivity contribution is 5.94. The summed E-state index contributed by atoms with van der Waals surface area (Å²) < 4.78 is 12.6. The highest BCUT2D eigenvalue weighted by atomic mass is 16.5. The van der Waals surface area contributed by atoms with Crippen molar-refractivity contribution in [2.24, 2.45) is 0 Å². The number of fused-ring (bicyclic) bond motifs is 1. The van der Waals surface area contributed by atoms with Crippen molar-refractivity contribution in [2.75, 3.05) is 20.3 Å². The molecular weight excluding hydrogens is 318 g/mol. The van der Waals surface area contributed by atoms with Crippen molar-refractivity contribution in [2.45, 2.75) is 13.8 Å². The normalized spacial score (nSPS) is 10.7. The number of carbonyl (C=O) groups is 1. The Morgan fingerprint density at radius 3 is 2.80 bits per heavy atom. The lowest BCUT2D eigenvalue weighted by Crippen LogP contribution is -2.29. The first-order valence-corrected chi connectivity index (χ1v) is 8.09. The van der Waals surface area contributed by atoms with Crippen molar-refractivity contribution in [3.63, 3.8) is 0 Å². The number of aryl methyl sites for hydroxylation is 2. The predicted octanol–water partition coefficient (Wildman–Crippen LogP) is 2.77. The SMILES string of the molecule is COc1cccc(OCCNC(=O)c2c(C)nc3cc(C)ccn23)c1. The van der Waals surface area contributed by atoms with Crippen LogP contribution in [0.5, 0.6) is 11.5 Å². The number of nitrogens with zero attached hydrogens (tertiary/aromatic N) is 2. The van der Waals surface area contributed by atoms with Gasteiger partial charge in [-0.05, 0) is 43.7 Å². The second-order valence-corrected chi connectivity index (χ2v) is 5.76. The first-order chi connectivity index (χ1) is 12.1. The van der Waals surface area contributed by atoms with Crippen LogP contribution in [0, 0.1) is 13.8 Å². The van der Waals surface area contributed by atoms with Gasteiger partial charge < -0.3 is 14.8 Å². The number of pyridine rings is 1. The zero-order valence-corrected chi connectivity index (χ0v) is 14.6. The minimum atomic E-state index is -0.164. The topological polar surface area (TPSA) is 64.9 Å². The predicted molar refractivity (Wildman–Crippen MR) is 95.5 cm³/mol. The van der Waals surface area contributed by atoms with Gasteiger partial charge in [0, 0.05) is 12.3 Å². The zero-order valence-electron chi connectivity index (χ0n) is 14.6. The molecule has 0 saturated carbocycles. The lowest BCUT2D eigenvalue weighted by atomic mass is 10.3. The third-order valence-electron chi connectivity index (χ3n) is 3.87. The molecule has 6 nitrogen and oxygen atoms in total. The van der Waals surface area contributed by atoms with Crippen LogP contribution in [-0.2, 0) is 0 Å². The summed E-state index contributed by atoms with van der Waals surface area (Å²) in [4.78, 5) is 16.9. The van der Waals surface area contributed by atoms with Gasteiger partial charge in [-0.2, -0.15) is 0 Å². The minimum Gasteiger partial charge on any atom is -0.497 e. The Labute approximate surface area is 146 Å². The molecule has 1 aromatic carbocycles. The monoisotopic (exact) mass is 339 g/mol. The van der Waals surface area contributed by atoms with Gasteiger partial charge in [0.15, 0.2) is 0 Å². The van der Waals surface area contributed by atoms with E-state index in [1.54, 1.807) is 17.6 Å². The van der Waals surface area contributed by atoms with Gasteiger partial charge in [-0.15, -0.1) is 0 Å². The largest absolute Gasteiger partial charge is 0.497 e. The number of benzene rings is 1. The molecule has 0 radical (unpaired) electrons. The number of aromatic nitrogens is 2. The average Bonchev–Trinajstić information content (AvgIpc) is 2.93. The van der Waals surface area contributed by atoms with Crippen LogP contribution in [0.25, 0.3) is 5.65 Å². The van der Waals surface area contributed by atoms with E-state index in [9.17, 15) is 4.79 Å². The summed E-state index contributed by atoms with van der Waals surface area (Å²) in [6.07, 6.45) is 1.87. The number of imidazole rings is 1. The van der Waals surface area contributed by atoms with E-state index in [0.29, 0.717) is 30.3 Å². The van der Waals surface area contributed by atoms with Crippen LogP contribution in [0.2, 0.25) is 0 Å². The molecule has 2 heterocycles. The molecule has 0 aliphatic rings. The second kappa shape index (κ2) is 7.25. The second-order valence-electron chi connectivity index (χ2n) is 5.76. The molecule has 3 rings (SSSR count). The molecule has 1 N–H and O–H groups in total. The molecule has 0 unspecified atom stereocenters. The third kappa shape index (κ3) is 3.74. The number of carbonyl (C=O) groups excluding carboxylic acids is 1. The fraction of sp³-hybridized carbons (Fsp3) is 0.263. The maximum absolute atomic E-state index is 12.5. The van der Waals surface area contributed by atoms with Gasteiger partial charge in [0.2, 0.25) is 0 Å². The fourth-order valence-corrected chi connectivity index (χ4v) is 2.65. The summed E-state index contributed by atoms with van der Waals surface area (Å²) in [5, 5.41) is 2.88. The van der Waals surface area contributed by atoms with Crippen LogP contribution >= 0.6 is 0 Å². The van der Waals surface area contributed by atoms with Crippen LogP contribution in [-0.4, -0.2) is 35.6 Å². The summed E-state index contributed by atoms with van der Waals surface area (Å²) in [7, 11) is 1.61. The first-order valence-electron chi connectivity index (χ1n) is 8.09. The molecule has 0 aliphatic carbocycles. The standard InChI is InChI=1S/C19H21N3O3/c1-13-7-9-22-17(11-13)21-14(2)18(22)19(23)20-8-10-25-16-6-4-5-15(12-16)24-3/h4-7,9,11-12H,8,10H2,1-3H3,(H,20,23). The zero-order chi connectivity index (χ0) is 17.8. The summed E-state index contributed by atoms with van der Waals surface area (Å²) >= 11 is 0. The van der Waals surface area contributed by atoms with Crippen LogP contribution in [0.1, 0.15) is 21.7 Å². The van der Waals surface area contributed by atoms with E-state index in [1.165, 1.54) is 0 Å². The number of ether oxygens (including phenoxy) is 2. The van der Waals surface area contributed by atoms with Crippen LogP contribution < -0.4 is 14.8 Å². The van der Waals surface area contributed by atoms with Crippen molar-refractivity contribution >= 4 is 11.6 Å². The Morgan fingerprint density at radius 2 is 2.00 bits per heavy atom. The van der Waals surface area contributed by atoms with Gasteiger partial charge in [0.05, 0.1) is 19.3 Å². The average molecular weight is 339 g/mol. The van der Waals surface area contributed by atoms with Gasteiger partial charge >= 0.3 is 0 Å². The Kier molecular flexibility index (Phi) is 4.88. The Morgan fingerprint density at radius 1 is 1.20 bits per heavy atom. The summed E-state index contributed by atoms with van der Waals surface area (Å²) in [6, 6.07) is 11.3. The maximum Gasteiger partial charge on any atom is 0.270 e. The first kappa shape index (κ1) is 16.8. The van der Waals surface area contributed by atoms with E-state index in [2.05, 4.69) is 10.3 Å². The molecule has 3 aromatic rings. The molecule has 2 aromatic heterocycles. The van der Waals surface area contributed by atoms with E-state index in [0.717, 1.165) is 17.0 Å². The Balaban J connectivity index is 1.60. The molecule has 1 amide bonds. The van der Waals surface area contributed by atoms with E-state index in [4.69, 9.17) is 9.47 Å². The molecule has 0 spiro atoms. The molecule has 0 aliphatic heterocycles. The Hall–Kier alpha value is -3.02. The molecule has 25 heavy (non-hydrogen) atoms. The minimum absolute atomic E-state index is 0.164. The number of methoxy groups -OCH3 is 1. The highest BCUT2D eigenvalue weighted by Crippen LogP contribution is 2.18. The van der Waals surface area contributed by atoms with E-state index in [1.807, 2.05) is 50.4 Å². The molecule has 0 atom stereocenters. The molecule has 0 saturated heterocycles. The quantitative estimate of drug-likeness (QED) is 0.702. The van der Waals surface area contributed by atoms with Crippen molar-refractivity contribution in [3.05, 3.63) is 59.5 Å². The smallest absolute Gasteiger partial charge is 0.270 e. The van der Waals surface area contributed by atoms with Crippen LogP contribution in [0.3, 0.4) is 0 Å². The number of hydrogen-bond donors (Lipinski definition) is 1. The van der Waals surface area contributed by atoms with Gasteiger partial charge in [-0.1, -0.05) is 6.07 Å². The Bertz CT molecular complexity index is 902. The molecule has 0 bridgehead atoms. The van der Waals surface area contributed by atoms with Gasteiger partial charge in [0.1, 0.15) is 29.4 Å². The van der Waals surface area contributed by atoms with Crippen molar-refractivity contribution in [1.82, 2.24) is 14.7 Å². The van der Waals surface area contributed by atoms with Gasteiger partial charge in [-0.25, -0.2) is 4.98 Å². The van der Waals surface area contributed by atoms with Crippen LogP contribution in [0.4, 0.5) is 0 Å². The molecule has 6 heteroatoms. The molecule has 130 valence electrons. The van der Waals surface area contributed by atoms with Crippen molar-refractivity contribution < 1.29 is 14.3 Å². The number of rotatable bonds is 6. The summed E-state index contributed by atoms with van der Waals surface area (Å²) in [6.45, 7) is 4.60. The molecular formula is C19H21N3O3. The van der Waals surface area contributed by atoms with Crippen molar-refractivity contribution in [1.29, 1.82) is 0 Å². The van der Waals surface area contributed by atoms with Crippen LogP contribution in [0.15, 0.2) is 42.6 Å². The van der Waals surface area contributed by atoms with Crippen molar-refractivity contribution in [3.8, 4) is 11.5 Å². The number of amides is 1.